The molecule has 5 nitrogen and oxygen atoms in total. The van der Waals surface area contributed by atoms with Gasteiger partial charge in [-0.1, -0.05) is 35.5 Å². The zero-order chi connectivity index (χ0) is 15.6. The molecule has 0 amide bonds. The van der Waals surface area contributed by atoms with Crippen LogP contribution in [-0.4, -0.2) is 14.8 Å². The molecule has 0 fully saturated rings. The Morgan fingerprint density at radius 1 is 0.870 bits per heavy atom. The SMILES string of the molecule is BrC1=NO[C@@H](c2ccc(-c3nnc(-c4ccccc4)o3)cc2)C1. The van der Waals surface area contributed by atoms with Crippen molar-refractivity contribution in [2.24, 2.45) is 5.16 Å². The van der Waals surface area contributed by atoms with E-state index in [-0.39, 0.29) is 6.10 Å². The first-order valence-electron chi connectivity index (χ1n) is 7.17. The van der Waals surface area contributed by atoms with Crippen LogP contribution in [0.3, 0.4) is 0 Å². The topological polar surface area (TPSA) is 60.5 Å². The van der Waals surface area contributed by atoms with Gasteiger partial charge < -0.3 is 9.25 Å². The number of halogens is 1. The molecule has 0 aliphatic carbocycles. The maximum absolute atomic E-state index is 5.75. The van der Waals surface area contributed by atoms with Crippen LogP contribution in [0, 0.1) is 0 Å². The molecule has 0 spiro atoms. The van der Waals surface area contributed by atoms with Crippen LogP contribution >= 0.6 is 15.9 Å². The maximum atomic E-state index is 5.75. The van der Waals surface area contributed by atoms with Crippen LogP contribution in [-0.2, 0) is 4.84 Å². The Labute approximate surface area is 141 Å². The second kappa shape index (κ2) is 5.96. The molecule has 0 saturated heterocycles. The lowest BCUT2D eigenvalue weighted by molar-refractivity contribution is 0.0858. The highest BCUT2D eigenvalue weighted by molar-refractivity contribution is 9.18. The van der Waals surface area contributed by atoms with E-state index in [0.29, 0.717) is 11.8 Å². The van der Waals surface area contributed by atoms with Gasteiger partial charge in [-0.15, -0.1) is 10.2 Å². The van der Waals surface area contributed by atoms with Gasteiger partial charge in [-0.25, -0.2) is 0 Å². The second-order valence-corrected chi connectivity index (χ2v) is 6.08. The Kier molecular flexibility index (Phi) is 3.67. The highest BCUT2D eigenvalue weighted by atomic mass is 79.9. The predicted octanol–water partition coefficient (Wildman–Crippen LogP) is 4.57. The summed E-state index contributed by atoms with van der Waals surface area (Å²) in [5, 5.41) is 12.1. The van der Waals surface area contributed by atoms with Crippen LogP contribution < -0.4 is 0 Å². The molecule has 0 N–H and O–H groups in total. The molecule has 1 atom stereocenters. The van der Waals surface area contributed by atoms with Crippen molar-refractivity contribution in [1.82, 2.24) is 10.2 Å². The van der Waals surface area contributed by atoms with Gasteiger partial charge in [0.05, 0.1) is 0 Å². The van der Waals surface area contributed by atoms with E-state index in [0.717, 1.165) is 27.7 Å². The largest absolute Gasteiger partial charge is 0.416 e. The van der Waals surface area contributed by atoms with E-state index < -0.39 is 0 Å². The molecule has 4 rings (SSSR count). The number of nitrogens with zero attached hydrogens (tertiary/aromatic N) is 3. The zero-order valence-corrected chi connectivity index (χ0v) is 13.6. The summed E-state index contributed by atoms with van der Waals surface area (Å²) >= 11 is 3.34. The minimum Gasteiger partial charge on any atom is -0.416 e. The molecule has 2 aromatic carbocycles. The van der Waals surface area contributed by atoms with E-state index in [2.05, 4.69) is 31.3 Å². The summed E-state index contributed by atoms with van der Waals surface area (Å²) in [6.45, 7) is 0. The fraction of sp³-hybridized carbons (Fsp3) is 0.118. The predicted molar refractivity (Wildman–Crippen MR) is 90.0 cm³/mol. The van der Waals surface area contributed by atoms with Crippen molar-refractivity contribution < 1.29 is 9.25 Å². The highest BCUT2D eigenvalue weighted by Crippen LogP contribution is 2.31. The van der Waals surface area contributed by atoms with Gasteiger partial charge in [-0.3, -0.25) is 0 Å². The Hall–Kier alpha value is -2.47. The zero-order valence-electron chi connectivity index (χ0n) is 12.0. The molecule has 1 aromatic heterocycles. The lowest BCUT2D eigenvalue weighted by Gasteiger charge is -2.08. The summed E-state index contributed by atoms with van der Waals surface area (Å²) in [4.78, 5) is 5.35. The molecule has 0 radical (unpaired) electrons. The van der Waals surface area contributed by atoms with Gasteiger partial charge in [0.1, 0.15) is 4.62 Å². The number of rotatable bonds is 3. The van der Waals surface area contributed by atoms with Gasteiger partial charge in [0.2, 0.25) is 11.8 Å². The lowest BCUT2D eigenvalue weighted by Crippen LogP contribution is -1.96. The average molecular weight is 370 g/mol. The molecule has 3 aromatic rings. The molecule has 23 heavy (non-hydrogen) atoms. The molecule has 2 heterocycles. The summed E-state index contributed by atoms with van der Waals surface area (Å²) in [6, 6.07) is 17.6. The third-order valence-electron chi connectivity index (χ3n) is 3.61. The van der Waals surface area contributed by atoms with Crippen LogP contribution in [0.25, 0.3) is 22.9 Å². The third kappa shape index (κ3) is 2.90. The van der Waals surface area contributed by atoms with Crippen molar-refractivity contribution in [2.45, 2.75) is 12.5 Å². The normalized spacial score (nSPS) is 16.9. The maximum Gasteiger partial charge on any atom is 0.248 e. The van der Waals surface area contributed by atoms with Gasteiger partial charge in [0, 0.05) is 17.5 Å². The number of aromatic nitrogens is 2. The fourth-order valence-electron chi connectivity index (χ4n) is 2.40. The molecule has 0 saturated carbocycles. The van der Waals surface area contributed by atoms with Crippen LogP contribution in [0.5, 0.6) is 0 Å². The summed E-state index contributed by atoms with van der Waals surface area (Å²) in [7, 11) is 0. The van der Waals surface area contributed by atoms with Gasteiger partial charge in [0.15, 0.2) is 6.10 Å². The Morgan fingerprint density at radius 3 is 2.13 bits per heavy atom. The highest BCUT2D eigenvalue weighted by Gasteiger charge is 2.21. The van der Waals surface area contributed by atoms with E-state index in [1.54, 1.807) is 0 Å². The van der Waals surface area contributed by atoms with Crippen molar-refractivity contribution in [1.29, 1.82) is 0 Å². The quantitative estimate of drug-likeness (QED) is 0.678. The summed E-state index contributed by atoms with van der Waals surface area (Å²) < 4.78 is 6.58. The average Bonchev–Trinajstić information content (AvgIpc) is 3.25. The molecular formula is C17H12BrN3O2. The molecule has 1 aliphatic heterocycles. The van der Waals surface area contributed by atoms with E-state index in [9.17, 15) is 0 Å². The van der Waals surface area contributed by atoms with E-state index in [1.807, 2.05) is 54.6 Å². The fourth-order valence-corrected chi connectivity index (χ4v) is 2.78. The van der Waals surface area contributed by atoms with E-state index in [1.165, 1.54) is 0 Å². The molecule has 114 valence electrons. The van der Waals surface area contributed by atoms with Gasteiger partial charge in [-0.05, 0) is 45.8 Å². The van der Waals surface area contributed by atoms with Crippen molar-refractivity contribution in [3.05, 3.63) is 60.2 Å². The number of oxime groups is 1. The van der Waals surface area contributed by atoms with Crippen molar-refractivity contribution >= 4 is 20.6 Å². The molecule has 0 unspecified atom stereocenters. The third-order valence-corrected chi connectivity index (χ3v) is 4.08. The Balaban J connectivity index is 1.56. The number of hydrogen-bond donors (Lipinski definition) is 0. The van der Waals surface area contributed by atoms with Crippen molar-refractivity contribution in [2.75, 3.05) is 0 Å². The van der Waals surface area contributed by atoms with E-state index >= 15 is 0 Å². The van der Waals surface area contributed by atoms with Gasteiger partial charge >= 0.3 is 0 Å². The molecular weight excluding hydrogens is 358 g/mol. The van der Waals surface area contributed by atoms with Crippen LogP contribution in [0.1, 0.15) is 18.1 Å². The standard InChI is InChI=1S/C17H12BrN3O2/c18-15-10-14(23-21-15)11-6-8-13(9-7-11)17-20-19-16(22-17)12-4-2-1-3-5-12/h1-9,14H,10H2/t14-/m1/s1. The first-order chi connectivity index (χ1) is 11.3. The van der Waals surface area contributed by atoms with Gasteiger partial charge in [0.25, 0.3) is 0 Å². The lowest BCUT2D eigenvalue weighted by atomic mass is 10.1. The smallest absolute Gasteiger partial charge is 0.248 e. The van der Waals surface area contributed by atoms with Crippen molar-refractivity contribution in [3.8, 4) is 22.9 Å². The molecule has 1 aliphatic rings. The number of hydrogen-bond acceptors (Lipinski definition) is 5. The van der Waals surface area contributed by atoms with E-state index in [4.69, 9.17) is 9.25 Å². The van der Waals surface area contributed by atoms with Crippen LogP contribution in [0.15, 0.2) is 64.2 Å². The first kappa shape index (κ1) is 14.1. The summed E-state index contributed by atoms with van der Waals surface area (Å²) in [5.41, 5.74) is 2.85. The van der Waals surface area contributed by atoms with Crippen LogP contribution in [0.2, 0.25) is 0 Å². The van der Waals surface area contributed by atoms with Crippen LogP contribution in [0.4, 0.5) is 0 Å². The van der Waals surface area contributed by atoms with Crippen molar-refractivity contribution in [3.63, 3.8) is 0 Å². The second-order valence-electron chi connectivity index (χ2n) is 5.17. The molecule has 0 bridgehead atoms. The molecule has 6 heteroatoms. The minimum atomic E-state index is -0.0408. The monoisotopic (exact) mass is 369 g/mol. The number of benzene rings is 2. The van der Waals surface area contributed by atoms with Gasteiger partial charge in [-0.2, -0.15) is 0 Å². The summed E-state index contributed by atoms with van der Waals surface area (Å²) in [6.07, 6.45) is 0.707. The Morgan fingerprint density at radius 2 is 1.52 bits per heavy atom. The minimum absolute atomic E-state index is 0.0408. The first-order valence-corrected chi connectivity index (χ1v) is 7.96. The summed E-state index contributed by atoms with van der Waals surface area (Å²) in [5.74, 6) is 1.02. The Bertz CT molecular complexity index is 844.